The lowest BCUT2D eigenvalue weighted by molar-refractivity contribution is -0.126. The van der Waals surface area contributed by atoms with Crippen molar-refractivity contribution < 1.29 is 9.90 Å². The summed E-state index contributed by atoms with van der Waals surface area (Å²) in [6, 6.07) is 8.87. The van der Waals surface area contributed by atoms with Gasteiger partial charge in [-0.15, -0.1) is 10.2 Å². The Kier molecular flexibility index (Phi) is 5.46. The number of carbonyl (C=O) groups excluding carboxylic acids is 1. The van der Waals surface area contributed by atoms with Gasteiger partial charge in [0.15, 0.2) is 5.82 Å². The van der Waals surface area contributed by atoms with Crippen LogP contribution in [0.25, 0.3) is 11.3 Å². The Morgan fingerprint density at radius 2 is 2.07 bits per heavy atom. The summed E-state index contributed by atoms with van der Waals surface area (Å²) in [5.74, 6) is 0.525. The first kappa shape index (κ1) is 18.9. The lowest BCUT2D eigenvalue weighted by atomic mass is 10.1. The van der Waals surface area contributed by atoms with E-state index >= 15 is 0 Å². The number of hydrogen-bond acceptors (Lipinski definition) is 7. The second kappa shape index (κ2) is 7.79. The summed E-state index contributed by atoms with van der Waals surface area (Å²) in [4.78, 5) is 16.3. The summed E-state index contributed by atoms with van der Waals surface area (Å²) < 4.78 is 0. The maximum absolute atomic E-state index is 12.0. The zero-order valence-electron chi connectivity index (χ0n) is 15.9. The molecule has 0 bridgehead atoms. The molecule has 144 valence electrons. The van der Waals surface area contributed by atoms with Gasteiger partial charge in [-0.2, -0.15) is 0 Å². The molecule has 4 N–H and O–H groups in total. The maximum atomic E-state index is 12.0. The van der Waals surface area contributed by atoms with Gasteiger partial charge in [0.1, 0.15) is 5.75 Å². The number of phenolic OH excluding ortho intramolecular Hbond substituents is 1. The van der Waals surface area contributed by atoms with Gasteiger partial charge in [-0.1, -0.05) is 12.1 Å². The summed E-state index contributed by atoms with van der Waals surface area (Å²) in [5.41, 5.74) is 8.08. The number of nitrogens with zero attached hydrogens (tertiary/aromatic N) is 4. The van der Waals surface area contributed by atoms with E-state index in [-0.39, 0.29) is 23.7 Å². The fourth-order valence-corrected chi connectivity index (χ4v) is 3.59. The van der Waals surface area contributed by atoms with Gasteiger partial charge < -0.3 is 21.1 Å². The molecule has 1 aliphatic heterocycles. The highest BCUT2D eigenvalue weighted by Gasteiger charge is 2.31. The molecule has 1 fully saturated rings. The van der Waals surface area contributed by atoms with Gasteiger partial charge in [0.25, 0.3) is 0 Å². The zero-order valence-corrected chi connectivity index (χ0v) is 15.9. The maximum Gasteiger partial charge on any atom is 0.236 e. The minimum absolute atomic E-state index is 0.0160. The Hall–Kier alpha value is -2.87. The van der Waals surface area contributed by atoms with Crippen molar-refractivity contribution in [3.8, 4) is 17.0 Å². The van der Waals surface area contributed by atoms with E-state index in [9.17, 15) is 9.90 Å². The first-order chi connectivity index (χ1) is 12.9. The van der Waals surface area contributed by atoms with E-state index in [1.54, 1.807) is 25.2 Å². The number of carbonyl (C=O) groups is 1. The number of nitrogens with two attached hydrogens (primary N) is 1. The van der Waals surface area contributed by atoms with Crippen LogP contribution in [0, 0.1) is 0 Å². The summed E-state index contributed by atoms with van der Waals surface area (Å²) >= 11 is 0. The third kappa shape index (κ3) is 3.80. The number of amides is 1. The number of nitrogen functional groups attached to an aromatic ring is 1. The molecule has 8 heteroatoms. The van der Waals surface area contributed by atoms with E-state index in [4.69, 9.17) is 5.73 Å². The van der Waals surface area contributed by atoms with Crippen LogP contribution >= 0.6 is 0 Å². The van der Waals surface area contributed by atoms with Crippen LogP contribution in [-0.4, -0.2) is 64.9 Å². The van der Waals surface area contributed by atoms with Crippen LogP contribution in [0.3, 0.4) is 0 Å². The predicted molar refractivity (Wildman–Crippen MR) is 105 cm³/mol. The second-order valence-corrected chi connectivity index (χ2v) is 6.84. The van der Waals surface area contributed by atoms with Crippen molar-refractivity contribution in [2.24, 2.45) is 0 Å². The molecule has 8 nitrogen and oxygen atoms in total. The van der Waals surface area contributed by atoms with Crippen LogP contribution in [0.1, 0.15) is 13.8 Å². The molecular formula is C19H26N6O2. The van der Waals surface area contributed by atoms with Gasteiger partial charge in [0.05, 0.1) is 17.4 Å². The summed E-state index contributed by atoms with van der Waals surface area (Å²) in [7, 11) is 1.66. The number of aromatic hydroxyl groups is 1. The van der Waals surface area contributed by atoms with E-state index in [0.29, 0.717) is 17.1 Å². The van der Waals surface area contributed by atoms with Crippen LogP contribution in [0.2, 0.25) is 0 Å². The summed E-state index contributed by atoms with van der Waals surface area (Å²) in [5, 5.41) is 21.0. The minimum Gasteiger partial charge on any atom is -0.507 e. The highest BCUT2D eigenvalue weighted by atomic mass is 16.3. The van der Waals surface area contributed by atoms with E-state index < -0.39 is 0 Å². The fourth-order valence-electron chi connectivity index (χ4n) is 3.59. The number of benzene rings is 1. The Labute approximate surface area is 159 Å². The van der Waals surface area contributed by atoms with Crippen LogP contribution in [0.15, 0.2) is 30.3 Å². The molecule has 0 aliphatic carbocycles. The van der Waals surface area contributed by atoms with Gasteiger partial charge in [-0.3, -0.25) is 9.69 Å². The van der Waals surface area contributed by atoms with Crippen molar-refractivity contribution in [1.82, 2.24) is 20.4 Å². The highest BCUT2D eigenvalue weighted by Crippen LogP contribution is 2.32. The van der Waals surface area contributed by atoms with Crippen molar-refractivity contribution in [2.75, 3.05) is 37.3 Å². The van der Waals surface area contributed by atoms with Crippen LogP contribution in [-0.2, 0) is 4.79 Å². The number of hydrogen-bond donors (Lipinski definition) is 3. The van der Waals surface area contributed by atoms with Crippen molar-refractivity contribution in [2.45, 2.75) is 25.9 Å². The van der Waals surface area contributed by atoms with Gasteiger partial charge in [0.2, 0.25) is 5.91 Å². The normalized spacial score (nSPS) is 18.9. The Morgan fingerprint density at radius 3 is 2.74 bits per heavy atom. The van der Waals surface area contributed by atoms with Crippen molar-refractivity contribution >= 4 is 17.4 Å². The Bertz CT molecular complexity index is 828. The molecule has 2 atom stereocenters. The highest BCUT2D eigenvalue weighted by molar-refractivity contribution is 5.81. The first-order valence-corrected chi connectivity index (χ1v) is 9.06. The van der Waals surface area contributed by atoms with Crippen molar-refractivity contribution in [3.63, 3.8) is 0 Å². The first-order valence-electron chi connectivity index (χ1n) is 9.06. The number of aromatic nitrogens is 2. The molecule has 0 radical (unpaired) electrons. The molecule has 1 saturated heterocycles. The molecule has 3 rings (SSSR count). The monoisotopic (exact) mass is 370 g/mol. The molecule has 1 aromatic carbocycles. The van der Waals surface area contributed by atoms with E-state index in [2.05, 4.69) is 32.2 Å². The van der Waals surface area contributed by atoms with Crippen LogP contribution in [0.5, 0.6) is 5.75 Å². The van der Waals surface area contributed by atoms with Gasteiger partial charge in [-0.05, 0) is 32.0 Å². The fraction of sp³-hybridized carbons (Fsp3) is 0.421. The molecule has 0 saturated carbocycles. The second-order valence-electron chi connectivity index (χ2n) is 6.84. The molecule has 2 aromatic rings. The molecule has 2 heterocycles. The number of phenols is 1. The molecule has 1 aromatic heterocycles. The van der Waals surface area contributed by atoms with Crippen molar-refractivity contribution in [1.29, 1.82) is 0 Å². The molecule has 27 heavy (non-hydrogen) atoms. The van der Waals surface area contributed by atoms with Gasteiger partial charge in [-0.25, -0.2) is 0 Å². The topological polar surface area (TPSA) is 108 Å². The predicted octanol–water partition coefficient (Wildman–Crippen LogP) is 1.08. The average molecular weight is 370 g/mol. The molecule has 1 amide bonds. The van der Waals surface area contributed by atoms with Crippen molar-refractivity contribution in [3.05, 3.63) is 30.3 Å². The number of anilines is 2. The summed E-state index contributed by atoms with van der Waals surface area (Å²) in [6.45, 7) is 6.20. The average Bonchev–Trinajstić information content (AvgIpc) is 2.67. The third-order valence-electron chi connectivity index (χ3n) is 5.12. The molecule has 0 spiro atoms. The summed E-state index contributed by atoms with van der Waals surface area (Å²) in [6.07, 6.45) is 0. The molecular weight excluding hydrogens is 344 g/mol. The molecule has 0 unspecified atom stereocenters. The molecule has 1 aliphatic rings. The number of nitrogens with one attached hydrogen (secondary N) is 1. The van der Waals surface area contributed by atoms with Gasteiger partial charge in [0, 0.05) is 38.3 Å². The standard InChI is InChI=1S/C19H26N6O2/c1-12-11-24(8-9-25(12)13(2)19(27)21-3)16-10-15(22-23-18(16)20)14-6-4-5-7-17(14)26/h4-7,10,12-13,26H,8-9,11H2,1-3H3,(H2,20,23)(H,21,27)/t12-,13-/m1/s1. The quantitative estimate of drug-likeness (QED) is 0.739. The van der Waals surface area contributed by atoms with Gasteiger partial charge >= 0.3 is 0 Å². The van der Waals surface area contributed by atoms with E-state index in [1.807, 2.05) is 19.1 Å². The largest absolute Gasteiger partial charge is 0.507 e. The minimum atomic E-state index is -0.183. The van der Waals surface area contributed by atoms with E-state index in [0.717, 1.165) is 25.3 Å². The lowest BCUT2D eigenvalue weighted by Gasteiger charge is -2.43. The number of para-hydroxylation sites is 1. The SMILES string of the molecule is CNC(=O)[C@@H](C)N1CCN(c2cc(-c3ccccc3O)nnc2N)C[C@H]1C. The Morgan fingerprint density at radius 1 is 1.33 bits per heavy atom. The smallest absolute Gasteiger partial charge is 0.236 e. The lowest BCUT2D eigenvalue weighted by Crippen LogP contribution is -2.58. The van der Waals surface area contributed by atoms with Crippen LogP contribution in [0.4, 0.5) is 11.5 Å². The third-order valence-corrected chi connectivity index (χ3v) is 5.12. The zero-order chi connectivity index (χ0) is 19.6. The number of rotatable bonds is 4. The Balaban J connectivity index is 1.83. The van der Waals surface area contributed by atoms with E-state index in [1.165, 1.54) is 0 Å². The van der Waals surface area contributed by atoms with Crippen LogP contribution < -0.4 is 16.0 Å². The number of likely N-dealkylation sites (N-methyl/N-ethyl adjacent to an activating group) is 1. The number of piperazine rings is 1.